The Morgan fingerprint density at radius 3 is 2.76 bits per heavy atom. The smallest absolute Gasteiger partial charge is 0.290 e. The van der Waals surface area contributed by atoms with Crippen LogP contribution in [0.2, 0.25) is 0 Å². The lowest BCUT2D eigenvalue weighted by molar-refractivity contribution is 0.00229. The van der Waals surface area contributed by atoms with Crippen LogP contribution in [0.3, 0.4) is 0 Å². The van der Waals surface area contributed by atoms with Gasteiger partial charge in [0.25, 0.3) is 5.91 Å². The van der Waals surface area contributed by atoms with Gasteiger partial charge in [-0.3, -0.25) is 4.79 Å². The number of piperidine rings is 1. The Labute approximate surface area is 197 Å². The molecule has 33 heavy (non-hydrogen) atoms. The van der Waals surface area contributed by atoms with Gasteiger partial charge in [-0.05, 0) is 37.3 Å². The van der Waals surface area contributed by atoms with Gasteiger partial charge in [-0.25, -0.2) is 4.98 Å². The van der Waals surface area contributed by atoms with Crippen molar-refractivity contribution in [1.29, 1.82) is 0 Å². The molecule has 3 atom stereocenters. The third-order valence-electron chi connectivity index (χ3n) is 6.33. The minimum atomic E-state index is -0.549. The lowest BCUT2D eigenvalue weighted by Gasteiger charge is -2.40. The van der Waals surface area contributed by atoms with Crippen LogP contribution in [0.1, 0.15) is 43.7 Å². The monoisotopic (exact) mass is 460 g/mol. The zero-order chi connectivity index (χ0) is 23.8. The van der Waals surface area contributed by atoms with Crippen molar-refractivity contribution in [3.8, 4) is 0 Å². The first-order chi connectivity index (χ1) is 16.0. The number of aryl methyl sites for hydroxylation is 1. The Hall–Kier alpha value is -2.00. The number of methoxy groups -OCH3 is 2. The molecule has 1 aliphatic heterocycles. The van der Waals surface area contributed by atoms with E-state index in [9.17, 15) is 9.90 Å². The first-order valence-electron chi connectivity index (χ1n) is 12.1. The van der Waals surface area contributed by atoms with Gasteiger partial charge in [-0.1, -0.05) is 26.0 Å². The number of rotatable bonds is 12. The van der Waals surface area contributed by atoms with Gasteiger partial charge in [0.15, 0.2) is 5.82 Å². The Bertz CT molecular complexity index is 884. The zero-order valence-electron chi connectivity index (χ0n) is 20.5. The summed E-state index contributed by atoms with van der Waals surface area (Å²) in [5.74, 6) is 0.811. The standard InChI is InChI=1S/C25H40N4O4/c1-18(2)16-29(20-13-19(14-26-15-20)23(30)17-33-4)25(31)24-27-21-9-5-6-10-22(21)28(24)11-7-8-12-32-3/h5-6,9-10,18-20,23,26,30H,7-8,11-17H2,1-4H3/t19-,20+,23+/m1/s1. The number of carbonyl (C=O) groups excluding carboxylic acids is 1. The Kier molecular flexibility index (Phi) is 9.67. The molecule has 3 rings (SSSR count). The van der Waals surface area contributed by atoms with Crippen LogP contribution >= 0.6 is 0 Å². The van der Waals surface area contributed by atoms with Gasteiger partial charge in [-0.15, -0.1) is 0 Å². The van der Waals surface area contributed by atoms with E-state index in [1.54, 1.807) is 14.2 Å². The second-order valence-electron chi connectivity index (χ2n) is 9.46. The summed E-state index contributed by atoms with van der Waals surface area (Å²) in [5, 5.41) is 13.9. The molecule has 1 aromatic carbocycles. The summed E-state index contributed by atoms with van der Waals surface area (Å²) < 4.78 is 12.4. The van der Waals surface area contributed by atoms with Crippen LogP contribution < -0.4 is 5.32 Å². The van der Waals surface area contributed by atoms with Gasteiger partial charge in [0.05, 0.1) is 23.7 Å². The lowest BCUT2D eigenvalue weighted by Crippen LogP contribution is -2.54. The van der Waals surface area contributed by atoms with Gasteiger partial charge in [0, 0.05) is 59.0 Å². The Morgan fingerprint density at radius 1 is 1.24 bits per heavy atom. The highest BCUT2D eigenvalue weighted by Gasteiger charge is 2.35. The van der Waals surface area contributed by atoms with Gasteiger partial charge < -0.3 is 29.4 Å². The number of amides is 1. The molecule has 0 aliphatic carbocycles. The van der Waals surface area contributed by atoms with Crippen molar-refractivity contribution < 1.29 is 19.4 Å². The van der Waals surface area contributed by atoms with E-state index in [4.69, 9.17) is 14.5 Å². The van der Waals surface area contributed by atoms with Gasteiger partial charge in [0.2, 0.25) is 0 Å². The van der Waals surface area contributed by atoms with E-state index in [2.05, 4.69) is 23.7 Å². The Morgan fingerprint density at radius 2 is 2.03 bits per heavy atom. The first kappa shape index (κ1) is 25.6. The second-order valence-corrected chi connectivity index (χ2v) is 9.46. The molecule has 1 saturated heterocycles. The molecular weight excluding hydrogens is 420 g/mol. The molecule has 0 unspecified atom stereocenters. The van der Waals surface area contributed by atoms with Crippen LogP contribution in [0.25, 0.3) is 11.0 Å². The summed E-state index contributed by atoms with van der Waals surface area (Å²) in [5.41, 5.74) is 1.82. The third kappa shape index (κ3) is 6.53. The summed E-state index contributed by atoms with van der Waals surface area (Å²) in [6.07, 6.45) is 2.03. The number of fused-ring (bicyclic) bond motifs is 1. The fourth-order valence-electron chi connectivity index (χ4n) is 4.69. The highest BCUT2D eigenvalue weighted by molar-refractivity contribution is 5.95. The minimum absolute atomic E-state index is 0.00749. The molecule has 8 nitrogen and oxygen atoms in total. The lowest BCUT2D eigenvalue weighted by atomic mass is 9.89. The van der Waals surface area contributed by atoms with Crippen molar-refractivity contribution in [3.05, 3.63) is 30.1 Å². The molecule has 0 bridgehead atoms. The van der Waals surface area contributed by atoms with Gasteiger partial charge >= 0.3 is 0 Å². The number of para-hydroxylation sites is 2. The molecule has 0 saturated carbocycles. The van der Waals surface area contributed by atoms with Crippen LogP contribution in [0.5, 0.6) is 0 Å². The fourth-order valence-corrected chi connectivity index (χ4v) is 4.69. The number of hydrogen-bond acceptors (Lipinski definition) is 6. The number of unbranched alkanes of at least 4 members (excludes halogenated alkanes) is 1. The average Bonchev–Trinajstić information content (AvgIpc) is 3.18. The summed E-state index contributed by atoms with van der Waals surface area (Å²) in [4.78, 5) is 20.7. The number of benzene rings is 1. The first-order valence-corrected chi connectivity index (χ1v) is 12.1. The normalized spacial score (nSPS) is 19.8. The molecule has 2 aromatic rings. The second kappa shape index (κ2) is 12.5. The molecule has 0 spiro atoms. The van der Waals surface area contributed by atoms with Crippen LogP contribution in [-0.4, -0.2) is 84.7 Å². The molecule has 184 valence electrons. The molecule has 2 N–H and O–H groups in total. The predicted octanol–water partition coefficient (Wildman–Crippen LogP) is 2.55. The highest BCUT2D eigenvalue weighted by Crippen LogP contribution is 2.24. The third-order valence-corrected chi connectivity index (χ3v) is 6.33. The summed E-state index contributed by atoms with van der Waals surface area (Å²) in [7, 11) is 3.31. The van der Waals surface area contributed by atoms with Crippen LogP contribution in [-0.2, 0) is 16.0 Å². The van der Waals surface area contributed by atoms with Gasteiger partial charge in [0.1, 0.15) is 0 Å². The molecule has 2 heterocycles. The number of imidazole rings is 1. The molecule has 1 aromatic heterocycles. The van der Waals surface area contributed by atoms with Crippen molar-refractivity contribution in [2.75, 3.05) is 47.1 Å². The largest absolute Gasteiger partial charge is 0.390 e. The molecular formula is C25H40N4O4. The fraction of sp³-hybridized carbons (Fsp3) is 0.680. The van der Waals surface area contributed by atoms with Crippen molar-refractivity contribution in [2.24, 2.45) is 11.8 Å². The number of ether oxygens (including phenoxy) is 2. The van der Waals surface area contributed by atoms with Crippen LogP contribution in [0.4, 0.5) is 0 Å². The highest BCUT2D eigenvalue weighted by atomic mass is 16.5. The molecule has 0 radical (unpaired) electrons. The number of carbonyl (C=O) groups is 1. The molecule has 1 fully saturated rings. The molecule has 1 amide bonds. The summed E-state index contributed by atoms with van der Waals surface area (Å²) >= 11 is 0. The van der Waals surface area contributed by atoms with E-state index in [0.29, 0.717) is 38.0 Å². The van der Waals surface area contributed by atoms with Crippen molar-refractivity contribution in [3.63, 3.8) is 0 Å². The van der Waals surface area contributed by atoms with E-state index in [0.717, 1.165) is 43.4 Å². The quantitative estimate of drug-likeness (QED) is 0.473. The number of nitrogens with zero attached hydrogens (tertiary/aromatic N) is 3. The van der Waals surface area contributed by atoms with Crippen molar-refractivity contribution in [2.45, 2.75) is 51.8 Å². The van der Waals surface area contributed by atoms with E-state index in [1.165, 1.54) is 0 Å². The number of aliphatic hydroxyl groups is 1. The van der Waals surface area contributed by atoms with Crippen molar-refractivity contribution >= 4 is 16.9 Å². The van der Waals surface area contributed by atoms with E-state index in [-0.39, 0.29) is 17.9 Å². The average molecular weight is 461 g/mol. The van der Waals surface area contributed by atoms with Crippen LogP contribution in [0.15, 0.2) is 24.3 Å². The predicted molar refractivity (Wildman–Crippen MR) is 129 cm³/mol. The number of aliphatic hydroxyl groups excluding tert-OH is 1. The minimum Gasteiger partial charge on any atom is -0.390 e. The van der Waals surface area contributed by atoms with Crippen LogP contribution in [0, 0.1) is 11.8 Å². The molecule has 8 heteroatoms. The Balaban J connectivity index is 1.88. The summed E-state index contributed by atoms with van der Waals surface area (Å²) in [6, 6.07) is 7.93. The van der Waals surface area contributed by atoms with E-state index in [1.807, 2.05) is 29.2 Å². The van der Waals surface area contributed by atoms with Gasteiger partial charge in [-0.2, -0.15) is 0 Å². The topological polar surface area (TPSA) is 88.9 Å². The maximum Gasteiger partial charge on any atom is 0.290 e. The maximum atomic E-state index is 14.0. The number of hydrogen-bond donors (Lipinski definition) is 2. The number of nitrogens with one attached hydrogen (secondary N) is 1. The number of aromatic nitrogens is 2. The van der Waals surface area contributed by atoms with E-state index >= 15 is 0 Å². The SMILES string of the molecule is COCCCCn1c(C(=O)N(CC(C)C)[C@@H]2CNC[C@H]([C@@H](O)COC)C2)nc2ccccc21. The zero-order valence-corrected chi connectivity index (χ0v) is 20.5. The maximum absolute atomic E-state index is 14.0. The molecule has 1 aliphatic rings. The van der Waals surface area contributed by atoms with Crippen molar-refractivity contribution in [1.82, 2.24) is 19.8 Å². The van der Waals surface area contributed by atoms with E-state index < -0.39 is 6.10 Å². The summed E-state index contributed by atoms with van der Waals surface area (Å²) in [6.45, 7) is 8.06.